The van der Waals surface area contributed by atoms with Gasteiger partial charge >= 0.3 is 0 Å². The van der Waals surface area contributed by atoms with Crippen molar-refractivity contribution in [3.63, 3.8) is 0 Å². The molecule has 0 aliphatic rings. The van der Waals surface area contributed by atoms with Gasteiger partial charge in [0.15, 0.2) is 0 Å². The van der Waals surface area contributed by atoms with E-state index in [2.05, 4.69) is 22.2 Å². The summed E-state index contributed by atoms with van der Waals surface area (Å²) in [6.07, 6.45) is 4.67. The fraction of sp³-hybridized carbons (Fsp3) is 0.333. The van der Waals surface area contributed by atoms with Crippen LogP contribution in [-0.4, -0.2) is 16.5 Å². The lowest BCUT2D eigenvalue weighted by Gasteiger charge is -2.18. The van der Waals surface area contributed by atoms with Gasteiger partial charge in [0, 0.05) is 22.8 Å². The van der Waals surface area contributed by atoms with Gasteiger partial charge in [-0.25, -0.2) is 4.98 Å². The normalized spacial score (nSPS) is 12.5. The zero-order chi connectivity index (χ0) is 12.1. The lowest BCUT2D eigenvalue weighted by atomic mass is 10.1. The van der Waals surface area contributed by atoms with Gasteiger partial charge in [-0.1, -0.05) is 13.0 Å². The number of thiazole rings is 1. The van der Waals surface area contributed by atoms with Gasteiger partial charge in [0.2, 0.25) is 0 Å². The molecule has 0 saturated heterocycles. The predicted molar refractivity (Wildman–Crippen MR) is 70.9 cm³/mol. The summed E-state index contributed by atoms with van der Waals surface area (Å²) >= 11 is 1.63. The molecule has 0 bridgehead atoms. The van der Waals surface area contributed by atoms with Crippen LogP contribution in [0.25, 0.3) is 0 Å². The molecule has 4 nitrogen and oxygen atoms in total. The predicted octanol–water partition coefficient (Wildman–Crippen LogP) is 2.21. The molecule has 0 radical (unpaired) electrons. The third-order valence-electron chi connectivity index (χ3n) is 2.52. The van der Waals surface area contributed by atoms with Gasteiger partial charge in [-0.05, 0) is 19.0 Å². The summed E-state index contributed by atoms with van der Waals surface area (Å²) in [5.74, 6) is 0.578. The fourth-order valence-corrected chi connectivity index (χ4v) is 2.41. The van der Waals surface area contributed by atoms with Crippen molar-refractivity contribution in [2.75, 3.05) is 12.3 Å². The van der Waals surface area contributed by atoms with Crippen molar-refractivity contribution < 1.29 is 0 Å². The van der Waals surface area contributed by atoms with Crippen molar-refractivity contribution in [2.24, 2.45) is 0 Å². The van der Waals surface area contributed by atoms with Crippen LogP contribution in [0.3, 0.4) is 0 Å². The minimum absolute atomic E-state index is 0.0937. The Morgan fingerprint density at radius 2 is 2.41 bits per heavy atom. The van der Waals surface area contributed by atoms with Crippen LogP contribution in [0, 0.1) is 0 Å². The quantitative estimate of drug-likeness (QED) is 0.851. The molecule has 2 aromatic rings. The van der Waals surface area contributed by atoms with Gasteiger partial charge in [-0.2, -0.15) is 0 Å². The highest BCUT2D eigenvalue weighted by atomic mass is 32.1. The van der Waals surface area contributed by atoms with E-state index in [1.807, 2.05) is 23.8 Å². The van der Waals surface area contributed by atoms with Gasteiger partial charge in [-0.15, -0.1) is 11.3 Å². The molecule has 0 spiro atoms. The summed E-state index contributed by atoms with van der Waals surface area (Å²) in [5.41, 5.74) is 8.79. The first-order valence-corrected chi connectivity index (χ1v) is 6.53. The van der Waals surface area contributed by atoms with E-state index < -0.39 is 0 Å². The number of nitrogens with zero attached hydrogens (tertiary/aromatic N) is 2. The standard InChI is InChI=1S/C12H16N4S/c1-2-5-15-11(10-7-14-8-17-10)9-4-3-6-16-12(9)13/h3-4,6-8,11,15H,2,5H2,1H3,(H2,13,16). The Hall–Kier alpha value is -1.46. The van der Waals surface area contributed by atoms with E-state index in [1.54, 1.807) is 17.5 Å². The Labute approximate surface area is 105 Å². The third kappa shape index (κ3) is 2.81. The molecule has 3 N–H and O–H groups in total. The van der Waals surface area contributed by atoms with Crippen LogP contribution in [0.4, 0.5) is 5.82 Å². The van der Waals surface area contributed by atoms with Crippen molar-refractivity contribution in [3.8, 4) is 0 Å². The van der Waals surface area contributed by atoms with Crippen molar-refractivity contribution >= 4 is 17.2 Å². The number of pyridine rings is 1. The van der Waals surface area contributed by atoms with Crippen molar-refractivity contribution in [3.05, 3.63) is 40.5 Å². The van der Waals surface area contributed by atoms with Gasteiger partial charge in [0.25, 0.3) is 0 Å². The van der Waals surface area contributed by atoms with Crippen molar-refractivity contribution in [1.82, 2.24) is 15.3 Å². The van der Waals surface area contributed by atoms with Gasteiger partial charge in [-0.3, -0.25) is 4.98 Å². The summed E-state index contributed by atoms with van der Waals surface area (Å²) in [7, 11) is 0. The zero-order valence-corrected chi connectivity index (χ0v) is 10.6. The Morgan fingerprint density at radius 3 is 3.06 bits per heavy atom. The smallest absolute Gasteiger partial charge is 0.128 e. The molecule has 1 atom stereocenters. The van der Waals surface area contributed by atoms with Crippen molar-refractivity contribution in [1.29, 1.82) is 0 Å². The minimum atomic E-state index is 0.0937. The largest absolute Gasteiger partial charge is 0.383 e. The average molecular weight is 248 g/mol. The maximum atomic E-state index is 5.93. The third-order valence-corrected chi connectivity index (χ3v) is 3.36. The van der Waals surface area contributed by atoms with Crippen LogP contribution in [0.1, 0.15) is 29.8 Å². The van der Waals surface area contributed by atoms with E-state index in [4.69, 9.17) is 5.73 Å². The molecule has 0 aliphatic carbocycles. The topological polar surface area (TPSA) is 63.8 Å². The van der Waals surface area contributed by atoms with E-state index in [-0.39, 0.29) is 6.04 Å². The number of aromatic nitrogens is 2. The lowest BCUT2D eigenvalue weighted by Crippen LogP contribution is -2.23. The second kappa shape index (κ2) is 5.75. The minimum Gasteiger partial charge on any atom is -0.383 e. The summed E-state index contributed by atoms with van der Waals surface area (Å²) in [6.45, 7) is 3.08. The Balaban J connectivity index is 2.30. The van der Waals surface area contributed by atoms with E-state index in [0.717, 1.165) is 23.4 Å². The summed E-state index contributed by atoms with van der Waals surface area (Å²) in [4.78, 5) is 9.43. The van der Waals surface area contributed by atoms with Gasteiger partial charge in [0.05, 0.1) is 11.6 Å². The number of anilines is 1. The van der Waals surface area contributed by atoms with E-state index >= 15 is 0 Å². The number of nitrogens with one attached hydrogen (secondary N) is 1. The van der Waals surface area contributed by atoms with Crippen LogP contribution < -0.4 is 11.1 Å². The SMILES string of the molecule is CCCNC(c1cncs1)c1cccnc1N. The van der Waals surface area contributed by atoms with E-state index in [0.29, 0.717) is 5.82 Å². The van der Waals surface area contributed by atoms with Crippen molar-refractivity contribution in [2.45, 2.75) is 19.4 Å². The molecule has 0 aliphatic heterocycles. The van der Waals surface area contributed by atoms with Crippen LogP contribution in [0.2, 0.25) is 0 Å². The van der Waals surface area contributed by atoms with E-state index in [1.165, 1.54) is 0 Å². The summed E-state index contributed by atoms with van der Waals surface area (Å²) in [5, 5.41) is 3.48. The summed E-state index contributed by atoms with van der Waals surface area (Å²) in [6, 6.07) is 4.01. The molecule has 0 aromatic carbocycles. The molecule has 0 fully saturated rings. The molecule has 2 rings (SSSR count). The Kier molecular flexibility index (Phi) is 4.06. The first-order chi connectivity index (χ1) is 8.33. The first kappa shape index (κ1) is 12.0. The number of nitrogen functional groups attached to an aromatic ring is 1. The fourth-order valence-electron chi connectivity index (χ4n) is 1.69. The van der Waals surface area contributed by atoms with Crippen LogP contribution >= 0.6 is 11.3 Å². The highest BCUT2D eigenvalue weighted by molar-refractivity contribution is 7.09. The Bertz CT molecular complexity index is 455. The molecule has 17 heavy (non-hydrogen) atoms. The van der Waals surface area contributed by atoms with Crippen LogP contribution in [0.5, 0.6) is 0 Å². The zero-order valence-electron chi connectivity index (χ0n) is 9.76. The molecule has 0 saturated carbocycles. The molecular formula is C12H16N4S. The molecule has 90 valence electrons. The lowest BCUT2D eigenvalue weighted by molar-refractivity contribution is 0.605. The highest BCUT2D eigenvalue weighted by Crippen LogP contribution is 2.27. The van der Waals surface area contributed by atoms with Crippen LogP contribution in [-0.2, 0) is 0 Å². The first-order valence-electron chi connectivity index (χ1n) is 5.65. The Morgan fingerprint density at radius 1 is 1.53 bits per heavy atom. The number of hydrogen-bond donors (Lipinski definition) is 2. The highest BCUT2D eigenvalue weighted by Gasteiger charge is 2.17. The number of nitrogens with two attached hydrogens (primary N) is 1. The molecule has 2 aromatic heterocycles. The molecule has 2 heterocycles. The monoisotopic (exact) mass is 248 g/mol. The molecule has 0 amide bonds. The summed E-state index contributed by atoms with van der Waals surface area (Å²) < 4.78 is 0. The molecular weight excluding hydrogens is 232 g/mol. The second-order valence-corrected chi connectivity index (χ2v) is 4.69. The molecule has 1 unspecified atom stereocenters. The van der Waals surface area contributed by atoms with Gasteiger partial charge < -0.3 is 11.1 Å². The maximum absolute atomic E-state index is 5.93. The van der Waals surface area contributed by atoms with Gasteiger partial charge in [0.1, 0.15) is 5.82 Å². The average Bonchev–Trinajstić information content (AvgIpc) is 2.85. The second-order valence-electron chi connectivity index (χ2n) is 3.77. The van der Waals surface area contributed by atoms with E-state index in [9.17, 15) is 0 Å². The maximum Gasteiger partial charge on any atom is 0.128 e. The number of rotatable bonds is 5. The molecule has 5 heteroatoms. The van der Waals surface area contributed by atoms with Crippen LogP contribution in [0.15, 0.2) is 30.0 Å². The number of hydrogen-bond acceptors (Lipinski definition) is 5.